The molecule has 0 aliphatic heterocycles. The highest BCUT2D eigenvalue weighted by atomic mass is 19.4. The molecule has 6 heteroatoms. The molecule has 2 rings (SSSR count). The fraction of sp³-hybridized carbons (Fsp3) is 0.417. The van der Waals surface area contributed by atoms with Crippen LogP contribution in [0, 0.1) is 5.92 Å². The highest BCUT2D eigenvalue weighted by Crippen LogP contribution is 2.31. The van der Waals surface area contributed by atoms with E-state index in [2.05, 4.69) is 4.98 Å². The van der Waals surface area contributed by atoms with E-state index in [0.717, 1.165) is 0 Å². The average Bonchev–Trinajstić information content (AvgIpc) is 2.69. The third-order valence-electron chi connectivity index (χ3n) is 2.74. The van der Waals surface area contributed by atoms with Crippen molar-refractivity contribution in [3.63, 3.8) is 0 Å². The highest BCUT2D eigenvalue weighted by Gasteiger charge is 2.39. The second-order valence-electron chi connectivity index (χ2n) is 4.10. The first-order chi connectivity index (χ1) is 8.50. The van der Waals surface area contributed by atoms with E-state index in [9.17, 15) is 13.2 Å². The molecule has 1 aromatic carbocycles. The number of nitrogens with two attached hydrogens (primary N) is 1. The molecule has 0 saturated heterocycles. The lowest BCUT2D eigenvalue weighted by Crippen LogP contribution is -2.27. The number of hydrogen-bond donors (Lipinski definition) is 1. The molecule has 0 amide bonds. The van der Waals surface area contributed by atoms with Gasteiger partial charge in [0, 0.05) is 6.42 Å². The van der Waals surface area contributed by atoms with E-state index in [1.807, 2.05) is 0 Å². The number of para-hydroxylation sites is 2. The van der Waals surface area contributed by atoms with Gasteiger partial charge in [-0.05, 0) is 25.1 Å². The number of fused-ring (bicyclic) bond motifs is 1. The summed E-state index contributed by atoms with van der Waals surface area (Å²) >= 11 is 0. The van der Waals surface area contributed by atoms with Crippen LogP contribution in [-0.2, 0) is 6.42 Å². The summed E-state index contributed by atoms with van der Waals surface area (Å²) in [5, 5.41) is 0. The third kappa shape index (κ3) is 2.81. The van der Waals surface area contributed by atoms with Gasteiger partial charge >= 0.3 is 6.18 Å². The fourth-order valence-electron chi connectivity index (χ4n) is 1.80. The van der Waals surface area contributed by atoms with E-state index in [1.54, 1.807) is 24.3 Å². The molecule has 0 fully saturated rings. The van der Waals surface area contributed by atoms with Crippen molar-refractivity contribution in [2.24, 2.45) is 11.7 Å². The molecule has 1 heterocycles. The van der Waals surface area contributed by atoms with Crippen LogP contribution in [0.15, 0.2) is 28.7 Å². The molecular formula is C12H13F3N2O. The van der Waals surface area contributed by atoms with Crippen molar-refractivity contribution in [2.75, 3.05) is 6.54 Å². The Hall–Kier alpha value is -1.56. The zero-order chi connectivity index (χ0) is 13.2. The van der Waals surface area contributed by atoms with Gasteiger partial charge in [0.05, 0.1) is 5.92 Å². The van der Waals surface area contributed by atoms with Crippen LogP contribution in [0.5, 0.6) is 0 Å². The number of hydrogen-bond acceptors (Lipinski definition) is 3. The van der Waals surface area contributed by atoms with Crippen molar-refractivity contribution in [2.45, 2.75) is 19.0 Å². The minimum Gasteiger partial charge on any atom is -0.441 e. The minimum absolute atomic E-state index is 0.00952. The summed E-state index contributed by atoms with van der Waals surface area (Å²) in [6.07, 6.45) is -4.67. The van der Waals surface area contributed by atoms with Gasteiger partial charge in [-0.3, -0.25) is 0 Å². The fourth-order valence-corrected chi connectivity index (χ4v) is 1.80. The molecule has 1 atom stereocenters. The first kappa shape index (κ1) is 12.9. The van der Waals surface area contributed by atoms with Gasteiger partial charge in [0.2, 0.25) is 0 Å². The van der Waals surface area contributed by atoms with Gasteiger partial charge in [-0.2, -0.15) is 13.2 Å². The van der Waals surface area contributed by atoms with E-state index >= 15 is 0 Å². The Morgan fingerprint density at radius 2 is 2.00 bits per heavy atom. The van der Waals surface area contributed by atoms with Crippen molar-refractivity contribution >= 4 is 11.1 Å². The lowest BCUT2D eigenvalue weighted by molar-refractivity contribution is -0.176. The smallest absolute Gasteiger partial charge is 0.392 e. The molecule has 3 nitrogen and oxygen atoms in total. The number of halogens is 3. The zero-order valence-electron chi connectivity index (χ0n) is 9.57. The first-order valence-corrected chi connectivity index (χ1v) is 5.62. The SMILES string of the molecule is NCC[C@@H](Cc1nc2ccccc2o1)C(F)(F)F. The predicted molar refractivity (Wildman–Crippen MR) is 60.9 cm³/mol. The van der Waals surface area contributed by atoms with E-state index in [1.165, 1.54) is 0 Å². The zero-order valence-corrected chi connectivity index (χ0v) is 9.57. The monoisotopic (exact) mass is 258 g/mol. The minimum atomic E-state index is -4.28. The lowest BCUT2D eigenvalue weighted by atomic mass is 10.0. The standard InChI is InChI=1S/C12H13F3N2O/c13-12(14,15)8(5-6-16)7-11-17-9-3-1-2-4-10(9)18-11/h1-4,8H,5-7,16H2/t8-/m0/s1. The summed E-state index contributed by atoms with van der Waals surface area (Å²) in [5.74, 6) is -1.40. The number of rotatable bonds is 4. The van der Waals surface area contributed by atoms with E-state index < -0.39 is 12.1 Å². The molecule has 98 valence electrons. The van der Waals surface area contributed by atoms with Crippen molar-refractivity contribution in [1.82, 2.24) is 4.98 Å². The Bertz CT molecular complexity index is 488. The molecule has 0 spiro atoms. The van der Waals surface area contributed by atoms with E-state index in [-0.39, 0.29) is 25.3 Å². The van der Waals surface area contributed by atoms with Gasteiger partial charge in [-0.25, -0.2) is 4.98 Å². The number of nitrogens with zero attached hydrogens (tertiary/aromatic N) is 1. The molecule has 0 unspecified atom stereocenters. The summed E-state index contributed by atoms with van der Waals surface area (Å²) in [5.41, 5.74) is 6.28. The molecule has 0 saturated carbocycles. The molecule has 0 aliphatic carbocycles. The van der Waals surface area contributed by atoms with Gasteiger partial charge in [-0.1, -0.05) is 12.1 Å². The summed E-state index contributed by atoms with van der Waals surface area (Å²) in [6.45, 7) is -0.00952. The summed E-state index contributed by atoms with van der Waals surface area (Å²) in [7, 11) is 0. The number of oxazole rings is 1. The largest absolute Gasteiger partial charge is 0.441 e. The molecule has 1 aromatic heterocycles. The number of aromatic nitrogens is 1. The van der Waals surface area contributed by atoms with Crippen molar-refractivity contribution in [3.05, 3.63) is 30.2 Å². The maximum absolute atomic E-state index is 12.7. The molecule has 2 N–H and O–H groups in total. The van der Waals surface area contributed by atoms with Crippen molar-refractivity contribution in [1.29, 1.82) is 0 Å². The van der Waals surface area contributed by atoms with Crippen LogP contribution in [0.1, 0.15) is 12.3 Å². The summed E-state index contributed by atoms with van der Waals surface area (Å²) < 4.78 is 43.5. The van der Waals surface area contributed by atoms with Crippen LogP contribution < -0.4 is 5.73 Å². The lowest BCUT2D eigenvalue weighted by Gasteiger charge is -2.17. The Morgan fingerprint density at radius 3 is 2.61 bits per heavy atom. The normalized spacial score (nSPS) is 14.0. The van der Waals surface area contributed by atoms with Crippen molar-refractivity contribution in [3.8, 4) is 0 Å². The highest BCUT2D eigenvalue weighted by molar-refractivity contribution is 5.72. The molecule has 0 aliphatic rings. The van der Waals surface area contributed by atoms with Gasteiger partial charge in [0.1, 0.15) is 5.52 Å². The van der Waals surface area contributed by atoms with Crippen LogP contribution >= 0.6 is 0 Å². The maximum Gasteiger partial charge on any atom is 0.392 e. The Labute approximate surface area is 102 Å². The Kier molecular flexibility index (Phi) is 3.56. The molecule has 0 bridgehead atoms. The number of alkyl halides is 3. The topological polar surface area (TPSA) is 52.0 Å². The van der Waals surface area contributed by atoms with Crippen LogP contribution in [0.4, 0.5) is 13.2 Å². The van der Waals surface area contributed by atoms with Gasteiger partial charge in [0.15, 0.2) is 11.5 Å². The Morgan fingerprint density at radius 1 is 1.28 bits per heavy atom. The molecule has 2 aromatic rings. The second-order valence-corrected chi connectivity index (χ2v) is 4.10. The quantitative estimate of drug-likeness (QED) is 0.917. The molecule has 18 heavy (non-hydrogen) atoms. The van der Waals surface area contributed by atoms with Crippen LogP contribution in [0.2, 0.25) is 0 Å². The van der Waals surface area contributed by atoms with Crippen LogP contribution in [-0.4, -0.2) is 17.7 Å². The van der Waals surface area contributed by atoms with Crippen LogP contribution in [0.3, 0.4) is 0 Å². The second kappa shape index (κ2) is 4.97. The molecular weight excluding hydrogens is 245 g/mol. The average molecular weight is 258 g/mol. The maximum atomic E-state index is 12.7. The number of benzene rings is 1. The third-order valence-corrected chi connectivity index (χ3v) is 2.74. The summed E-state index contributed by atoms with van der Waals surface area (Å²) in [6, 6.07) is 6.89. The van der Waals surface area contributed by atoms with Gasteiger partial charge in [0.25, 0.3) is 0 Å². The van der Waals surface area contributed by atoms with Gasteiger partial charge < -0.3 is 10.2 Å². The predicted octanol–water partition coefficient (Wildman–Crippen LogP) is 2.90. The van der Waals surface area contributed by atoms with Crippen molar-refractivity contribution < 1.29 is 17.6 Å². The Balaban J connectivity index is 2.20. The van der Waals surface area contributed by atoms with Crippen LogP contribution in [0.25, 0.3) is 11.1 Å². The van der Waals surface area contributed by atoms with E-state index in [0.29, 0.717) is 11.1 Å². The molecule has 0 radical (unpaired) electrons. The first-order valence-electron chi connectivity index (χ1n) is 5.62. The van der Waals surface area contributed by atoms with Gasteiger partial charge in [-0.15, -0.1) is 0 Å². The summed E-state index contributed by atoms with van der Waals surface area (Å²) in [4.78, 5) is 4.04. The van der Waals surface area contributed by atoms with E-state index in [4.69, 9.17) is 10.2 Å².